The molecule has 3 nitrogen and oxygen atoms in total. The van der Waals surface area contributed by atoms with Crippen molar-refractivity contribution >= 4 is 5.97 Å². The Bertz CT molecular complexity index is 838. The van der Waals surface area contributed by atoms with Crippen molar-refractivity contribution in [2.75, 3.05) is 13.1 Å². The number of allylic oxidation sites excluding steroid dienone is 1. The molecule has 0 radical (unpaired) electrons. The Morgan fingerprint density at radius 3 is 2.36 bits per heavy atom. The van der Waals surface area contributed by atoms with Gasteiger partial charge in [0.25, 0.3) is 0 Å². The van der Waals surface area contributed by atoms with Gasteiger partial charge in [-0.2, -0.15) is 13.2 Å². The fraction of sp³-hybridized carbons (Fsp3) is 0.318. The van der Waals surface area contributed by atoms with E-state index < -0.39 is 23.1 Å². The molecule has 3 rings (SSSR count). The molecule has 1 fully saturated rings. The van der Waals surface area contributed by atoms with Crippen LogP contribution in [-0.4, -0.2) is 29.1 Å². The van der Waals surface area contributed by atoms with Crippen molar-refractivity contribution in [3.8, 4) is 0 Å². The van der Waals surface area contributed by atoms with Crippen LogP contribution in [0.3, 0.4) is 0 Å². The first-order valence-corrected chi connectivity index (χ1v) is 9.15. The van der Waals surface area contributed by atoms with Gasteiger partial charge in [-0.15, -0.1) is 0 Å². The molecule has 28 heavy (non-hydrogen) atoms. The number of rotatable bonds is 5. The number of aliphatic carboxylic acids is 1. The Morgan fingerprint density at radius 2 is 1.75 bits per heavy atom. The number of piperidine rings is 1. The van der Waals surface area contributed by atoms with E-state index in [9.17, 15) is 18.0 Å². The van der Waals surface area contributed by atoms with E-state index >= 15 is 0 Å². The second-order valence-corrected chi connectivity index (χ2v) is 7.17. The van der Waals surface area contributed by atoms with Crippen molar-refractivity contribution in [1.82, 2.24) is 4.90 Å². The molecule has 6 heteroatoms. The number of hydrogen-bond donors (Lipinski definition) is 1. The molecule has 1 N–H and O–H groups in total. The molecular formula is C22H22F3NO2. The van der Waals surface area contributed by atoms with Gasteiger partial charge in [0, 0.05) is 18.0 Å². The zero-order chi connectivity index (χ0) is 20.2. The number of hydrogen-bond acceptors (Lipinski definition) is 2. The van der Waals surface area contributed by atoms with E-state index in [1.165, 1.54) is 11.6 Å². The van der Waals surface area contributed by atoms with Gasteiger partial charge in [0.05, 0.1) is 5.56 Å². The lowest BCUT2D eigenvalue weighted by Gasteiger charge is -2.40. The molecule has 0 aromatic heterocycles. The van der Waals surface area contributed by atoms with Crippen LogP contribution in [0, 0.1) is 0 Å². The van der Waals surface area contributed by atoms with E-state index in [1.807, 2.05) is 30.3 Å². The number of likely N-dealkylation sites (tertiary alicyclic amines) is 1. The zero-order valence-corrected chi connectivity index (χ0v) is 15.3. The zero-order valence-electron chi connectivity index (χ0n) is 15.3. The normalized spacial score (nSPS) is 17.7. The molecule has 0 saturated carbocycles. The fourth-order valence-electron chi connectivity index (χ4n) is 3.74. The summed E-state index contributed by atoms with van der Waals surface area (Å²) in [4.78, 5) is 13.3. The minimum atomic E-state index is -4.43. The number of carboxylic acids is 1. The monoisotopic (exact) mass is 389 g/mol. The summed E-state index contributed by atoms with van der Waals surface area (Å²) in [5, 5.41) is 9.06. The van der Waals surface area contributed by atoms with E-state index in [4.69, 9.17) is 5.11 Å². The van der Waals surface area contributed by atoms with E-state index in [1.54, 1.807) is 12.1 Å². The first kappa shape index (κ1) is 20.1. The standard InChI is InChI=1S/C22H22F3NO2/c23-22(24,25)19-8-4-7-18(15-19)21(10-9-20(27)28)11-13-26(14-12-21)16-17-5-2-1-3-6-17/h1-10,15H,11-14,16H2,(H,27,28). The summed E-state index contributed by atoms with van der Waals surface area (Å²) < 4.78 is 39.5. The van der Waals surface area contributed by atoms with Crippen LogP contribution in [0.15, 0.2) is 66.7 Å². The predicted octanol–water partition coefficient (Wildman–Crippen LogP) is 4.88. The maximum absolute atomic E-state index is 13.2. The van der Waals surface area contributed by atoms with Gasteiger partial charge in [-0.05, 0) is 43.1 Å². The molecule has 1 saturated heterocycles. The van der Waals surface area contributed by atoms with Gasteiger partial charge in [0.1, 0.15) is 0 Å². The summed E-state index contributed by atoms with van der Waals surface area (Å²) in [6, 6.07) is 15.2. The minimum absolute atomic E-state index is 0.513. The summed E-state index contributed by atoms with van der Waals surface area (Å²) in [7, 11) is 0. The SMILES string of the molecule is O=C(O)C=CC1(c2cccc(C(F)(F)F)c2)CCN(Cc2ccccc2)CC1. The summed E-state index contributed by atoms with van der Waals surface area (Å²) in [5.74, 6) is -1.10. The molecule has 2 aromatic rings. The van der Waals surface area contributed by atoms with E-state index in [0.29, 0.717) is 31.5 Å². The smallest absolute Gasteiger partial charge is 0.416 e. The van der Waals surface area contributed by atoms with Gasteiger partial charge in [0.2, 0.25) is 0 Å². The van der Waals surface area contributed by atoms with E-state index in [0.717, 1.165) is 24.8 Å². The highest BCUT2D eigenvalue weighted by atomic mass is 19.4. The number of nitrogens with zero attached hydrogens (tertiary/aromatic N) is 1. The first-order valence-electron chi connectivity index (χ1n) is 9.15. The topological polar surface area (TPSA) is 40.5 Å². The van der Waals surface area contributed by atoms with Crippen molar-refractivity contribution in [2.24, 2.45) is 0 Å². The van der Waals surface area contributed by atoms with Crippen molar-refractivity contribution in [3.63, 3.8) is 0 Å². The molecule has 0 spiro atoms. The highest BCUT2D eigenvalue weighted by Crippen LogP contribution is 2.40. The number of halogens is 3. The summed E-state index contributed by atoms with van der Waals surface area (Å²) in [6.07, 6.45) is -0.699. The molecule has 1 aliphatic heterocycles. The Kier molecular flexibility index (Phi) is 5.89. The molecular weight excluding hydrogens is 367 g/mol. The fourth-order valence-corrected chi connectivity index (χ4v) is 3.74. The van der Waals surface area contributed by atoms with Crippen molar-refractivity contribution < 1.29 is 23.1 Å². The maximum Gasteiger partial charge on any atom is 0.416 e. The Labute approximate surface area is 162 Å². The van der Waals surface area contributed by atoms with Gasteiger partial charge in [-0.1, -0.05) is 54.6 Å². The van der Waals surface area contributed by atoms with Crippen LogP contribution < -0.4 is 0 Å². The molecule has 0 atom stereocenters. The summed E-state index contributed by atoms with van der Waals surface area (Å²) in [5.41, 5.74) is 0.265. The average Bonchev–Trinajstić information content (AvgIpc) is 2.68. The number of carboxylic acid groups (broad SMARTS) is 1. The number of benzene rings is 2. The van der Waals surface area contributed by atoms with Gasteiger partial charge < -0.3 is 5.11 Å². The summed E-state index contributed by atoms with van der Waals surface area (Å²) >= 11 is 0. The van der Waals surface area contributed by atoms with Crippen molar-refractivity contribution in [1.29, 1.82) is 0 Å². The molecule has 148 valence electrons. The summed E-state index contributed by atoms with van der Waals surface area (Å²) in [6.45, 7) is 2.12. The lowest BCUT2D eigenvalue weighted by Crippen LogP contribution is -2.41. The van der Waals surface area contributed by atoms with Gasteiger partial charge in [-0.3, -0.25) is 4.90 Å². The Morgan fingerprint density at radius 1 is 1.07 bits per heavy atom. The number of carbonyl (C=O) groups is 1. The molecule has 0 bridgehead atoms. The van der Waals surface area contributed by atoms with Crippen LogP contribution >= 0.6 is 0 Å². The Hall–Kier alpha value is -2.60. The number of alkyl halides is 3. The van der Waals surface area contributed by atoms with Crippen LogP contribution in [-0.2, 0) is 22.9 Å². The lowest BCUT2D eigenvalue weighted by atomic mass is 9.72. The predicted molar refractivity (Wildman–Crippen MR) is 101 cm³/mol. The highest BCUT2D eigenvalue weighted by molar-refractivity contribution is 5.80. The molecule has 1 aliphatic rings. The van der Waals surface area contributed by atoms with Gasteiger partial charge in [0.15, 0.2) is 0 Å². The maximum atomic E-state index is 13.2. The third-order valence-corrected chi connectivity index (χ3v) is 5.31. The second kappa shape index (κ2) is 8.19. The van der Waals surface area contributed by atoms with Crippen LogP contribution in [0.2, 0.25) is 0 Å². The van der Waals surface area contributed by atoms with Crippen molar-refractivity contribution in [2.45, 2.75) is 31.0 Å². The quantitative estimate of drug-likeness (QED) is 0.741. The second-order valence-electron chi connectivity index (χ2n) is 7.17. The van der Waals surface area contributed by atoms with Gasteiger partial charge in [-0.25, -0.2) is 4.79 Å². The Balaban J connectivity index is 1.84. The van der Waals surface area contributed by atoms with Crippen LogP contribution in [0.1, 0.15) is 29.5 Å². The van der Waals surface area contributed by atoms with E-state index in [2.05, 4.69) is 4.90 Å². The third kappa shape index (κ3) is 4.81. The average molecular weight is 389 g/mol. The van der Waals surface area contributed by atoms with Gasteiger partial charge >= 0.3 is 12.1 Å². The van der Waals surface area contributed by atoms with Crippen LogP contribution in [0.25, 0.3) is 0 Å². The van der Waals surface area contributed by atoms with Crippen LogP contribution in [0.4, 0.5) is 13.2 Å². The van der Waals surface area contributed by atoms with E-state index in [-0.39, 0.29) is 0 Å². The molecule has 0 amide bonds. The molecule has 1 heterocycles. The molecule has 0 aliphatic carbocycles. The largest absolute Gasteiger partial charge is 0.478 e. The highest BCUT2D eigenvalue weighted by Gasteiger charge is 2.37. The lowest BCUT2D eigenvalue weighted by molar-refractivity contribution is -0.137. The first-order chi connectivity index (χ1) is 13.3. The third-order valence-electron chi connectivity index (χ3n) is 5.31. The van der Waals surface area contributed by atoms with Crippen LogP contribution in [0.5, 0.6) is 0 Å². The minimum Gasteiger partial charge on any atom is -0.478 e. The molecule has 2 aromatic carbocycles. The molecule has 0 unspecified atom stereocenters. The van der Waals surface area contributed by atoms with Crippen molar-refractivity contribution in [3.05, 3.63) is 83.4 Å².